The van der Waals surface area contributed by atoms with E-state index in [1.54, 1.807) is 11.3 Å². The van der Waals surface area contributed by atoms with Crippen molar-refractivity contribution in [2.75, 3.05) is 18.5 Å². The first-order valence-electron chi connectivity index (χ1n) is 6.15. The minimum absolute atomic E-state index is 0.0664. The Labute approximate surface area is 112 Å². The Morgan fingerprint density at radius 2 is 2.17 bits per heavy atom. The van der Waals surface area contributed by atoms with Crippen LogP contribution in [0.2, 0.25) is 0 Å². The van der Waals surface area contributed by atoms with Crippen molar-refractivity contribution in [1.82, 2.24) is 5.32 Å². The summed E-state index contributed by atoms with van der Waals surface area (Å²) in [5.74, 6) is 0. The second-order valence-electron chi connectivity index (χ2n) is 5.22. The lowest BCUT2D eigenvalue weighted by Crippen LogP contribution is -2.30. The predicted molar refractivity (Wildman–Crippen MR) is 76.2 cm³/mol. The van der Waals surface area contributed by atoms with Gasteiger partial charge in [0.05, 0.1) is 5.00 Å². The van der Waals surface area contributed by atoms with Gasteiger partial charge in [0.15, 0.2) is 0 Å². The molecule has 2 amide bonds. The van der Waals surface area contributed by atoms with E-state index in [0.717, 1.165) is 17.8 Å². The number of aliphatic hydroxyl groups is 1. The smallest absolute Gasteiger partial charge is 0.319 e. The van der Waals surface area contributed by atoms with Crippen molar-refractivity contribution in [1.29, 1.82) is 0 Å². The predicted octanol–water partition coefficient (Wildman–Crippen LogP) is 2.98. The molecule has 0 aliphatic carbocycles. The molecule has 1 rings (SSSR count). The van der Waals surface area contributed by atoms with Crippen LogP contribution < -0.4 is 10.6 Å². The molecule has 0 aliphatic rings. The highest BCUT2D eigenvalue weighted by atomic mass is 32.1. The van der Waals surface area contributed by atoms with Crippen LogP contribution in [0.25, 0.3) is 0 Å². The highest BCUT2D eigenvalue weighted by Crippen LogP contribution is 2.21. The molecule has 4 nitrogen and oxygen atoms in total. The molecule has 0 aliphatic heterocycles. The zero-order valence-electron chi connectivity index (χ0n) is 11.2. The van der Waals surface area contributed by atoms with Gasteiger partial charge in [0, 0.05) is 18.0 Å². The third kappa shape index (κ3) is 5.51. The lowest BCUT2D eigenvalue weighted by atomic mass is 9.89. The molecule has 1 heterocycles. The van der Waals surface area contributed by atoms with E-state index in [1.807, 2.05) is 32.9 Å². The summed E-state index contributed by atoms with van der Waals surface area (Å²) in [5.41, 5.74) is -0.0664. The van der Waals surface area contributed by atoms with E-state index in [0.29, 0.717) is 6.54 Å². The second-order valence-corrected chi connectivity index (χ2v) is 6.50. The molecule has 0 spiro atoms. The molecule has 18 heavy (non-hydrogen) atoms. The third-order valence-electron chi connectivity index (χ3n) is 2.72. The first-order valence-corrected chi connectivity index (χ1v) is 6.97. The standard InChI is InChI=1S/C13H22N2O2S/c1-10-5-6-11(18-10)15-12(17)14-8-4-7-13(2,3)9-16/h5-6,16H,4,7-9H2,1-3H3,(H2,14,15,17). The van der Waals surface area contributed by atoms with E-state index in [1.165, 1.54) is 4.88 Å². The molecule has 0 fully saturated rings. The van der Waals surface area contributed by atoms with Crippen molar-refractivity contribution in [2.45, 2.75) is 33.6 Å². The first kappa shape index (κ1) is 15.0. The summed E-state index contributed by atoms with van der Waals surface area (Å²) in [6.07, 6.45) is 1.76. The molecule has 5 heteroatoms. The summed E-state index contributed by atoms with van der Waals surface area (Å²) < 4.78 is 0. The van der Waals surface area contributed by atoms with Gasteiger partial charge >= 0.3 is 6.03 Å². The highest BCUT2D eigenvalue weighted by Gasteiger charge is 2.15. The number of hydrogen-bond donors (Lipinski definition) is 3. The lowest BCUT2D eigenvalue weighted by Gasteiger charge is -2.21. The van der Waals surface area contributed by atoms with Crippen LogP contribution in [0.3, 0.4) is 0 Å². The van der Waals surface area contributed by atoms with E-state index < -0.39 is 0 Å². The molecular formula is C13H22N2O2S. The Bertz CT molecular complexity index is 388. The monoisotopic (exact) mass is 270 g/mol. The molecule has 102 valence electrons. The van der Waals surface area contributed by atoms with Gasteiger partial charge in [-0.2, -0.15) is 0 Å². The Morgan fingerprint density at radius 1 is 1.44 bits per heavy atom. The number of aliphatic hydroxyl groups excluding tert-OH is 1. The number of carbonyl (C=O) groups is 1. The van der Waals surface area contributed by atoms with Crippen LogP contribution in [0.1, 0.15) is 31.6 Å². The summed E-state index contributed by atoms with van der Waals surface area (Å²) >= 11 is 1.56. The zero-order chi connectivity index (χ0) is 13.6. The van der Waals surface area contributed by atoms with Gasteiger partial charge in [-0.15, -0.1) is 11.3 Å². The molecule has 0 saturated carbocycles. The molecule has 0 atom stereocenters. The van der Waals surface area contributed by atoms with Crippen molar-refractivity contribution in [3.05, 3.63) is 17.0 Å². The zero-order valence-corrected chi connectivity index (χ0v) is 12.1. The van der Waals surface area contributed by atoms with Gasteiger partial charge in [0.1, 0.15) is 0 Å². The molecule has 3 N–H and O–H groups in total. The molecule has 0 saturated heterocycles. The van der Waals surface area contributed by atoms with E-state index in [-0.39, 0.29) is 18.1 Å². The molecule has 0 radical (unpaired) electrons. The maximum Gasteiger partial charge on any atom is 0.319 e. The Morgan fingerprint density at radius 3 is 2.72 bits per heavy atom. The Kier molecular flexibility index (Phi) is 5.62. The number of amides is 2. The van der Waals surface area contributed by atoms with Crippen molar-refractivity contribution < 1.29 is 9.90 Å². The quantitative estimate of drug-likeness (QED) is 0.696. The van der Waals surface area contributed by atoms with Gasteiger partial charge in [0.25, 0.3) is 0 Å². The fourth-order valence-corrected chi connectivity index (χ4v) is 2.27. The van der Waals surface area contributed by atoms with Crippen LogP contribution in [0.15, 0.2) is 12.1 Å². The fraction of sp³-hybridized carbons (Fsp3) is 0.615. The van der Waals surface area contributed by atoms with Crippen molar-refractivity contribution in [3.63, 3.8) is 0 Å². The van der Waals surface area contributed by atoms with E-state index in [4.69, 9.17) is 5.11 Å². The number of carbonyl (C=O) groups excluding carboxylic acids is 1. The van der Waals surface area contributed by atoms with Crippen molar-refractivity contribution in [3.8, 4) is 0 Å². The van der Waals surface area contributed by atoms with Crippen LogP contribution in [0, 0.1) is 12.3 Å². The molecule has 0 unspecified atom stereocenters. The normalized spacial score (nSPS) is 11.3. The van der Waals surface area contributed by atoms with E-state index in [2.05, 4.69) is 10.6 Å². The Balaban J connectivity index is 2.18. The van der Waals surface area contributed by atoms with Crippen LogP contribution in [0.5, 0.6) is 0 Å². The molecular weight excluding hydrogens is 248 g/mol. The van der Waals surface area contributed by atoms with Gasteiger partial charge in [-0.25, -0.2) is 4.79 Å². The minimum atomic E-state index is -0.168. The van der Waals surface area contributed by atoms with Crippen molar-refractivity contribution in [2.24, 2.45) is 5.41 Å². The maximum atomic E-state index is 11.6. The SMILES string of the molecule is Cc1ccc(NC(=O)NCCCC(C)(C)CO)s1. The topological polar surface area (TPSA) is 61.4 Å². The van der Waals surface area contributed by atoms with E-state index in [9.17, 15) is 4.79 Å². The van der Waals surface area contributed by atoms with Gasteiger partial charge in [-0.1, -0.05) is 13.8 Å². The summed E-state index contributed by atoms with van der Waals surface area (Å²) in [6.45, 7) is 6.83. The molecule has 0 aromatic carbocycles. The molecule has 1 aromatic rings. The second kappa shape index (κ2) is 6.75. The van der Waals surface area contributed by atoms with Crippen LogP contribution in [-0.4, -0.2) is 24.3 Å². The number of hydrogen-bond acceptors (Lipinski definition) is 3. The van der Waals surface area contributed by atoms with Gasteiger partial charge in [-0.05, 0) is 37.3 Å². The van der Waals surface area contributed by atoms with Gasteiger partial charge in [-0.3, -0.25) is 5.32 Å². The van der Waals surface area contributed by atoms with Crippen LogP contribution in [0.4, 0.5) is 9.80 Å². The third-order valence-corrected chi connectivity index (χ3v) is 3.64. The number of urea groups is 1. The Hall–Kier alpha value is -1.07. The largest absolute Gasteiger partial charge is 0.396 e. The number of aryl methyl sites for hydroxylation is 1. The van der Waals surface area contributed by atoms with Crippen molar-refractivity contribution >= 4 is 22.4 Å². The molecule has 1 aromatic heterocycles. The first-order chi connectivity index (χ1) is 8.43. The summed E-state index contributed by atoms with van der Waals surface area (Å²) in [4.78, 5) is 12.7. The minimum Gasteiger partial charge on any atom is -0.396 e. The van der Waals surface area contributed by atoms with E-state index >= 15 is 0 Å². The number of nitrogens with one attached hydrogen (secondary N) is 2. The fourth-order valence-electron chi connectivity index (χ4n) is 1.51. The summed E-state index contributed by atoms with van der Waals surface area (Å²) in [6, 6.07) is 3.71. The summed E-state index contributed by atoms with van der Waals surface area (Å²) in [5, 5.41) is 15.6. The van der Waals surface area contributed by atoms with Gasteiger partial charge < -0.3 is 10.4 Å². The van der Waals surface area contributed by atoms with Gasteiger partial charge in [0.2, 0.25) is 0 Å². The number of thiophene rings is 1. The average Bonchev–Trinajstić information content (AvgIpc) is 2.70. The maximum absolute atomic E-state index is 11.6. The van der Waals surface area contributed by atoms with Crippen LogP contribution >= 0.6 is 11.3 Å². The molecule has 0 bridgehead atoms. The number of anilines is 1. The van der Waals surface area contributed by atoms with Crippen LogP contribution in [-0.2, 0) is 0 Å². The number of rotatable bonds is 6. The summed E-state index contributed by atoms with van der Waals surface area (Å²) in [7, 11) is 0. The highest BCUT2D eigenvalue weighted by molar-refractivity contribution is 7.16. The lowest BCUT2D eigenvalue weighted by molar-refractivity contribution is 0.148. The average molecular weight is 270 g/mol.